The smallest absolute Gasteiger partial charge is 0.253 e. The summed E-state index contributed by atoms with van der Waals surface area (Å²) in [6.07, 6.45) is 1.54. The summed E-state index contributed by atoms with van der Waals surface area (Å²) < 4.78 is 5.23. The largest absolute Gasteiger partial charge is 0.467 e. The van der Waals surface area contributed by atoms with Crippen LogP contribution in [-0.2, 0) is 11.3 Å². The number of carbonyl (C=O) groups excluding carboxylic acids is 3. The minimum absolute atomic E-state index is 0.0461. The molecule has 0 radical (unpaired) electrons. The van der Waals surface area contributed by atoms with Crippen molar-refractivity contribution in [2.24, 2.45) is 0 Å². The fraction of sp³-hybridized carbons (Fsp3) is 0.240. The minimum Gasteiger partial charge on any atom is -0.467 e. The molecule has 0 spiro atoms. The van der Waals surface area contributed by atoms with E-state index in [0.717, 1.165) is 0 Å². The van der Waals surface area contributed by atoms with Crippen molar-refractivity contribution < 1.29 is 18.8 Å². The van der Waals surface area contributed by atoms with E-state index in [9.17, 15) is 14.4 Å². The first-order valence-electron chi connectivity index (χ1n) is 11.0. The Kier molecular flexibility index (Phi) is 7.61. The number of furan rings is 1. The van der Waals surface area contributed by atoms with Crippen LogP contribution in [0.5, 0.6) is 0 Å². The Morgan fingerprint density at radius 1 is 0.912 bits per heavy atom. The van der Waals surface area contributed by atoms with Crippen LogP contribution in [0.1, 0.15) is 26.5 Å². The van der Waals surface area contributed by atoms with Gasteiger partial charge in [0, 0.05) is 36.8 Å². The van der Waals surface area contributed by atoms with E-state index in [1.165, 1.54) is 0 Å². The van der Waals surface area contributed by atoms with E-state index in [2.05, 4.69) is 10.6 Å². The molecule has 3 amide bonds. The van der Waals surface area contributed by atoms with Crippen molar-refractivity contribution in [1.29, 1.82) is 0 Å². The second-order valence-corrected chi connectivity index (χ2v) is 8.37. The van der Waals surface area contributed by atoms with Crippen molar-refractivity contribution in [2.75, 3.05) is 38.0 Å². The molecule has 0 unspecified atom stereocenters. The molecule has 2 aromatic carbocycles. The zero-order valence-electron chi connectivity index (χ0n) is 18.5. The first-order chi connectivity index (χ1) is 16.5. The molecule has 9 heteroatoms. The molecule has 1 aliphatic heterocycles. The van der Waals surface area contributed by atoms with Crippen molar-refractivity contribution in [3.8, 4) is 0 Å². The van der Waals surface area contributed by atoms with Crippen LogP contribution in [0.15, 0.2) is 71.3 Å². The maximum atomic E-state index is 12.7. The molecule has 1 aliphatic rings. The average Bonchev–Trinajstić information content (AvgIpc) is 3.37. The Bertz CT molecular complexity index is 1140. The SMILES string of the molecule is O=C(CN1CCN(C(=O)c2ccc(Cl)cc2)CC1)Nc1ccccc1C(=O)NCc1ccco1. The lowest BCUT2D eigenvalue weighted by Gasteiger charge is -2.34. The molecule has 3 aromatic rings. The number of amides is 3. The van der Waals surface area contributed by atoms with Crippen LogP contribution in [0.4, 0.5) is 5.69 Å². The molecule has 1 saturated heterocycles. The fourth-order valence-electron chi connectivity index (χ4n) is 3.74. The van der Waals surface area contributed by atoms with E-state index in [1.54, 1.807) is 71.8 Å². The van der Waals surface area contributed by atoms with Crippen molar-refractivity contribution in [2.45, 2.75) is 6.54 Å². The normalized spacial score (nSPS) is 14.0. The Labute approximate surface area is 202 Å². The highest BCUT2D eigenvalue weighted by atomic mass is 35.5. The molecule has 0 bridgehead atoms. The average molecular weight is 481 g/mol. The van der Waals surface area contributed by atoms with Gasteiger partial charge in [-0.1, -0.05) is 23.7 Å². The molecule has 2 heterocycles. The van der Waals surface area contributed by atoms with Gasteiger partial charge < -0.3 is 20.0 Å². The van der Waals surface area contributed by atoms with Crippen molar-refractivity contribution in [1.82, 2.24) is 15.1 Å². The summed E-state index contributed by atoms with van der Waals surface area (Å²) in [4.78, 5) is 41.7. The first-order valence-corrected chi connectivity index (χ1v) is 11.3. The summed E-state index contributed by atoms with van der Waals surface area (Å²) >= 11 is 5.90. The van der Waals surface area contributed by atoms with E-state index in [-0.39, 0.29) is 30.8 Å². The van der Waals surface area contributed by atoms with Crippen LogP contribution in [0.3, 0.4) is 0 Å². The summed E-state index contributed by atoms with van der Waals surface area (Å²) in [5, 5.41) is 6.22. The van der Waals surface area contributed by atoms with E-state index in [0.29, 0.717) is 53.8 Å². The number of nitrogens with one attached hydrogen (secondary N) is 2. The third kappa shape index (κ3) is 6.03. The van der Waals surface area contributed by atoms with Crippen LogP contribution in [-0.4, -0.2) is 60.2 Å². The number of hydrogen-bond acceptors (Lipinski definition) is 5. The van der Waals surface area contributed by atoms with Gasteiger partial charge in [-0.15, -0.1) is 0 Å². The molecule has 1 aromatic heterocycles. The number of halogens is 1. The number of hydrogen-bond donors (Lipinski definition) is 2. The van der Waals surface area contributed by atoms with E-state index in [4.69, 9.17) is 16.0 Å². The Balaban J connectivity index is 1.28. The van der Waals surface area contributed by atoms with Gasteiger partial charge in [0.2, 0.25) is 5.91 Å². The summed E-state index contributed by atoms with van der Waals surface area (Å²) in [5.41, 5.74) is 1.42. The second-order valence-electron chi connectivity index (χ2n) is 7.93. The number of anilines is 1. The van der Waals surface area contributed by atoms with E-state index < -0.39 is 0 Å². The van der Waals surface area contributed by atoms with Crippen LogP contribution < -0.4 is 10.6 Å². The van der Waals surface area contributed by atoms with E-state index in [1.807, 2.05) is 4.90 Å². The van der Waals surface area contributed by atoms with Crippen molar-refractivity contribution in [3.63, 3.8) is 0 Å². The number of piperazine rings is 1. The van der Waals surface area contributed by atoms with Crippen LogP contribution >= 0.6 is 11.6 Å². The maximum absolute atomic E-state index is 12.7. The lowest BCUT2D eigenvalue weighted by Crippen LogP contribution is -2.50. The van der Waals surface area contributed by atoms with Crippen LogP contribution in [0.2, 0.25) is 5.02 Å². The van der Waals surface area contributed by atoms with Gasteiger partial charge >= 0.3 is 0 Å². The summed E-state index contributed by atoms with van der Waals surface area (Å²) in [6.45, 7) is 2.65. The monoisotopic (exact) mass is 480 g/mol. The third-order valence-corrected chi connectivity index (χ3v) is 5.82. The van der Waals surface area contributed by atoms with E-state index >= 15 is 0 Å². The highest BCUT2D eigenvalue weighted by Crippen LogP contribution is 2.16. The summed E-state index contributed by atoms with van der Waals surface area (Å²) in [7, 11) is 0. The number of carbonyl (C=O) groups is 3. The van der Waals surface area contributed by atoms with Gasteiger partial charge in [-0.2, -0.15) is 0 Å². The molecule has 0 atom stereocenters. The molecule has 176 valence electrons. The van der Waals surface area contributed by atoms with Gasteiger partial charge in [0.1, 0.15) is 5.76 Å². The maximum Gasteiger partial charge on any atom is 0.253 e. The number of para-hydroxylation sites is 1. The summed E-state index contributed by atoms with van der Waals surface area (Å²) in [6, 6.07) is 17.2. The Morgan fingerprint density at radius 3 is 2.35 bits per heavy atom. The molecule has 34 heavy (non-hydrogen) atoms. The van der Waals surface area contributed by atoms with Gasteiger partial charge in [-0.3, -0.25) is 19.3 Å². The fourth-order valence-corrected chi connectivity index (χ4v) is 3.87. The molecule has 0 aliphatic carbocycles. The lowest BCUT2D eigenvalue weighted by molar-refractivity contribution is -0.117. The molecular weight excluding hydrogens is 456 g/mol. The number of rotatable bonds is 7. The molecule has 1 fully saturated rings. The predicted octanol–water partition coefficient (Wildman–Crippen LogP) is 3.26. The highest BCUT2D eigenvalue weighted by Gasteiger charge is 2.24. The second kappa shape index (κ2) is 11.0. The predicted molar refractivity (Wildman–Crippen MR) is 129 cm³/mol. The van der Waals surface area contributed by atoms with Crippen LogP contribution in [0.25, 0.3) is 0 Å². The summed E-state index contributed by atoms with van der Waals surface area (Å²) in [5.74, 6) is 0.0733. The van der Waals surface area contributed by atoms with Crippen LogP contribution in [0, 0.1) is 0 Å². The van der Waals surface area contributed by atoms with Gasteiger partial charge in [0.25, 0.3) is 11.8 Å². The Morgan fingerprint density at radius 2 is 1.65 bits per heavy atom. The molecule has 0 saturated carbocycles. The zero-order valence-corrected chi connectivity index (χ0v) is 19.3. The van der Waals surface area contributed by atoms with Crippen molar-refractivity contribution in [3.05, 3.63) is 88.8 Å². The topological polar surface area (TPSA) is 94.9 Å². The highest BCUT2D eigenvalue weighted by molar-refractivity contribution is 6.30. The van der Waals surface area contributed by atoms with Gasteiger partial charge in [0.05, 0.1) is 30.6 Å². The zero-order chi connectivity index (χ0) is 23.9. The number of nitrogens with zero attached hydrogens (tertiary/aromatic N) is 2. The molecular formula is C25H25ClN4O4. The third-order valence-electron chi connectivity index (χ3n) is 5.57. The lowest BCUT2D eigenvalue weighted by atomic mass is 10.1. The van der Waals surface area contributed by atoms with Gasteiger partial charge in [0.15, 0.2) is 0 Å². The first kappa shape index (κ1) is 23.5. The standard InChI is InChI=1S/C25H25ClN4O4/c26-19-9-7-18(8-10-19)25(33)30-13-11-29(12-14-30)17-23(31)28-22-6-2-1-5-21(22)24(32)27-16-20-4-3-15-34-20/h1-10,15H,11-14,16-17H2,(H,27,32)(H,28,31). The molecule has 4 rings (SSSR count). The molecule has 2 N–H and O–H groups in total. The molecule has 8 nitrogen and oxygen atoms in total. The van der Waals surface area contributed by atoms with Gasteiger partial charge in [-0.25, -0.2) is 0 Å². The van der Waals surface area contributed by atoms with Crippen molar-refractivity contribution >= 4 is 35.0 Å². The van der Waals surface area contributed by atoms with Gasteiger partial charge in [-0.05, 0) is 48.5 Å². The quantitative estimate of drug-likeness (QED) is 0.541. The number of benzene rings is 2. The minimum atomic E-state index is -0.304. The Hall–Kier alpha value is -3.62.